The fraction of sp³-hybridized carbons (Fsp3) is 0.532. The lowest BCUT2D eigenvalue weighted by atomic mass is 10.0. The van der Waals surface area contributed by atoms with E-state index in [2.05, 4.69) is 47.5 Å². The Bertz CT molecular complexity index is 2250. The largest absolute Gasteiger partial charge is 0.391 e. The predicted molar refractivity (Wildman–Crippen MR) is 268 cm³/mol. The second-order valence-electron chi connectivity index (χ2n) is 17.5. The highest BCUT2D eigenvalue weighted by Gasteiger charge is 2.37. The summed E-state index contributed by atoms with van der Waals surface area (Å²) in [5.41, 5.74) is 19.2. The van der Waals surface area contributed by atoms with Gasteiger partial charge in [-0.1, -0.05) is 70.1 Å². The van der Waals surface area contributed by atoms with Crippen molar-refractivity contribution < 1.29 is 43.5 Å². The van der Waals surface area contributed by atoms with Gasteiger partial charge in [-0.05, 0) is 95.1 Å². The zero-order valence-corrected chi connectivity index (χ0v) is 41.0. The third-order valence-electron chi connectivity index (χ3n) is 12.1. The molecule has 0 bridgehead atoms. The van der Waals surface area contributed by atoms with Crippen molar-refractivity contribution in [3.05, 3.63) is 71.9 Å². The first-order chi connectivity index (χ1) is 33.7. The molecule has 9 unspecified atom stereocenters. The zero-order chi connectivity index (χ0) is 50.6. The van der Waals surface area contributed by atoms with Gasteiger partial charge in [-0.25, -0.2) is 0 Å². The Labute approximate surface area is 415 Å². The van der Waals surface area contributed by atoms with Gasteiger partial charge in [0.2, 0.25) is 47.3 Å². The van der Waals surface area contributed by atoms with Crippen LogP contribution in [0.2, 0.25) is 0 Å². The van der Waals surface area contributed by atoms with Crippen molar-refractivity contribution >= 4 is 79.7 Å². The summed E-state index contributed by atoms with van der Waals surface area (Å²) < 4.78 is 0. The van der Waals surface area contributed by atoms with Crippen molar-refractivity contribution in [2.24, 2.45) is 17.2 Å². The molecule has 0 radical (unpaired) electrons. The first kappa shape index (κ1) is 55.2. The molecule has 382 valence electrons. The molecule has 23 heteroatoms. The second kappa shape index (κ2) is 28.2. The summed E-state index contributed by atoms with van der Waals surface area (Å²) in [4.78, 5) is 115. The molecule has 5 rings (SSSR count). The Balaban J connectivity index is 1.55. The number of carbonyl (C=O) groups excluding carboxylic acids is 8. The number of rotatable bonds is 18. The third kappa shape index (κ3) is 16.7. The average Bonchev–Trinajstić information content (AvgIpc) is 4.04. The summed E-state index contributed by atoms with van der Waals surface area (Å²) in [7, 11) is 2.15. The molecule has 21 nitrogen and oxygen atoms in total. The van der Waals surface area contributed by atoms with Gasteiger partial charge in [-0.3, -0.25) is 38.4 Å². The van der Waals surface area contributed by atoms with Gasteiger partial charge in [0.05, 0.1) is 12.1 Å². The molecule has 2 fully saturated rings. The molecule has 9 atom stereocenters. The average molecular weight is 1010 g/mol. The van der Waals surface area contributed by atoms with Crippen LogP contribution in [0.25, 0.3) is 10.9 Å². The number of aromatic nitrogens is 1. The number of unbranched alkanes of at least 4 members (excludes halogenated alkanes) is 2. The molecule has 2 aliphatic rings. The SMILES string of the molecule is CC(O)C1NC(=O)C(CCCCN)NC(=O)C(Cc2c[nH]c3ccccc23)NC(=O)C(Cc2ccccc2)NC(=O)C(NC(=O)C2CCCN2)CSSCC(C(=O)NC(CCCCN)C(N)=O)NC1=O. The lowest BCUT2D eigenvalue weighted by molar-refractivity contribution is -0.136. The third-order valence-corrected chi connectivity index (χ3v) is 14.5. The van der Waals surface area contributed by atoms with Gasteiger partial charge in [-0.2, -0.15) is 0 Å². The minimum absolute atomic E-state index is 0.00750. The van der Waals surface area contributed by atoms with E-state index in [9.17, 15) is 43.5 Å². The van der Waals surface area contributed by atoms with E-state index in [1.54, 1.807) is 36.5 Å². The molecule has 2 aliphatic heterocycles. The number of aliphatic hydroxyl groups is 1. The van der Waals surface area contributed by atoms with Crippen molar-refractivity contribution in [3.8, 4) is 0 Å². The maximum atomic E-state index is 14.7. The van der Waals surface area contributed by atoms with Gasteiger partial charge >= 0.3 is 0 Å². The van der Waals surface area contributed by atoms with Crippen LogP contribution in [0.3, 0.4) is 0 Å². The summed E-state index contributed by atoms with van der Waals surface area (Å²) >= 11 is 0. The summed E-state index contributed by atoms with van der Waals surface area (Å²) in [5, 5.41) is 33.9. The summed E-state index contributed by atoms with van der Waals surface area (Å²) in [5.74, 6) is -6.29. The van der Waals surface area contributed by atoms with Crippen LogP contribution in [0.5, 0.6) is 0 Å². The number of primary amides is 1. The minimum Gasteiger partial charge on any atom is -0.391 e. The lowest BCUT2D eigenvalue weighted by Gasteiger charge is -2.29. The van der Waals surface area contributed by atoms with E-state index in [0.717, 1.165) is 38.9 Å². The normalized spacial score (nSPS) is 24.2. The monoisotopic (exact) mass is 1010 g/mol. The Morgan fingerprint density at radius 1 is 0.729 bits per heavy atom. The quantitative estimate of drug-likeness (QED) is 0.0516. The Kier molecular flexibility index (Phi) is 22.2. The standard InChI is InChI=1S/C47H68N12O9S2/c1-27(60)39-47(68)58-38(45(66)53-32(40(50)61)16-7-9-19-48)26-70-69-25-37(57-41(62)33-18-11-21-51-33)46(67)55-35(22-28-12-3-2-4-13-28)43(64)56-36(23-29-24-52-31-15-6-5-14-30(29)31)44(65)54-34(42(63)59-39)17-8-10-20-49/h2-6,12-15,24,27,32-39,51-52,60H,7-11,16-23,25-26,48-49H2,1H3,(H2,50,61)(H,53,66)(H,54,65)(H,55,67)(H,56,64)(H,57,62)(H,58,68)(H,59,63). The molecule has 3 aromatic rings. The molecular weight excluding hydrogens is 941 g/mol. The van der Waals surface area contributed by atoms with Gasteiger partial charge in [0.15, 0.2) is 0 Å². The molecule has 0 saturated carbocycles. The van der Waals surface area contributed by atoms with Crippen LogP contribution < -0.4 is 59.7 Å². The van der Waals surface area contributed by atoms with Crippen LogP contribution in [0.15, 0.2) is 60.8 Å². The molecule has 3 heterocycles. The lowest BCUT2D eigenvalue weighted by Crippen LogP contribution is -2.62. The molecule has 2 saturated heterocycles. The highest BCUT2D eigenvalue weighted by atomic mass is 33.1. The second-order valence-corrected chi connectivity index (χ2v) is 20.1. The zero-order valence-electron chi connectivity index (χ0n) is 39.3. The number of hydrogen-bond acceptors (Lipinski definition) is 14. The van der Waals surface area contributed by atoms with Crippen molar-refractivity contribution in [1.82, 2.24) is 47.5 Å². The summed E-state index contributed by atoms with van der Waals surface area (Å²) in [6.07, 6.45) is 3.49. The number of carbonyl (C=O) groups is 8. The topological polar surface area (TPSA) is 347 Å². The number of aliphatic hydroxyl groups excluding tert-OH is 1. The Morgan fingerprint density at radius 3 is 2.06 bits per heavy atom. The minimum atomic E-state index is -1.65. The van der Waals surface area contributed by atoms with Crippen LogP contribution in [0.1, 0.15) is 69.4 Å². The number of para-hydroxylation sites is 1. The fourth-order valence-electron chi connectivity index (χ4n) is 8.12. The smallest absolute Gasteiger partial charge is 0.245 e. The van der Waals surface area contributed by atoms with E-state index in [4.69, 9.17) is 17.2 Å². The van der Waals surface area contributed by atoms with Gasteiger partial charge in [0.25, 0.3) is 0 Å². The number of aromatic amines is 1. The number of amides is 8. The molecule has 0 spiro atoms. The highest BCUT2D eigenvalue weighted by molar-refractivity contribution is 8.76. The molecule has 2 aromatic carbocycles. The van der Waals surface area contributed by atoms with Gasteiger partial charge < -0.3 is 69.8 Å². The van der Waals surface area contributed by atoms with E-state index in [1.165, 1.54) is 6.92 Å². The van der Waals surface area contributed by atoms with Crippen LogP contribution in [0.4, 0.5) is 0 Å². The molecule has 70 heavy (non-hydrogen) atoms. The first-order valence-electron chi connectivity index (χ1n) is 23.8. The van der Waals surface area contributed by atoms with Gasteiger partial charge in [0.1, 0.15) is 42.3 Å². The number of fused-ring (bicyclic) bond motifs is 1. The van der Waals surface area contributed by atoms with E-state index in [-0.39, 0.29) is 43.7 Å². The van der Waals surface area contributed by atoms with Crippen LogP contribution in [0, 0.1) is 0 Å². The number of hydrogen-bond donors (Lipinski definition) is 13. The number of H-pyrrole nitrogens is 1. The number of benzene rings is 2. The molecule has 8 amide bonds. The van der Waals surface area contributed by atoms with Crippen LogP contribution in [-0.2, 0) is 51.2 Å². The van der Waals surface area contributed by atoms with Gasteiger partial charge in [0, 0.05) is 41.4 Å². The fourth-order valence-corrected chi connectivity index (χ4v) is 10.4. The van der Waals surface area contributed by atoms with Crippen molar-refractivity contribution in [1.29, 1.82) is 0 Å². The number of nitrogens with two attached hydrogens (primary N) is 3. The molecule has 1 aromatic heterocycles. The molecular formula is C47H68N12O9S2. The van der Waals surface area contributed by atoms with Crippen LogP contribution in [-0.4, -0.2) is 143 Å². The number of nitrogens with one attached hydrogen (secondary N) is 9. The predicted octanol–water partition coefficient (Wildman–Crippen LogP) is -1.38. The highest BCUT2D eigenvalue weighted by Crippen LogP contribution is 2.24. The van der Waals surface area contributed by atoms with E-state index in [1.807, 2.05) is 24.3 Å². The summed E-state index contributed by atoms with van der Waals surface area (Å²) in [6.45, 7) is 2.50. The summed E-state index contributed by atoms with van der Waals surface area (Å²) in [6, 6.07) is 6.47. The van der Waals surface area contributed by atoms with Gasteiger partial charge in [-0.15, -0.1) is 0 Å². The Hall–Kier alpha value is -5.72. The first-order valence-corrected chi connectivity index (χ1v) is 26.2. The van der Waals surface area contributed by atoms with Crippen LogP contribution >= 0.6 is 21.6 Å². The van der Waals surface area contributed by atoms with Crippen molar-refractivity contribution in [3.63, 3.8) is 0 Å². The van der Waals surface area contributed by atoms with E-state index >= 15 is 0 Å². The van der Waals surface area contributed by atoms with Crippen molar-refractivity contribution in [2.75, 3.05) is 31.1 Å². The maximum absolute atomic E-state index is 14.7. The molecule has 16 N–H and O–H groups in total. The van der Waals surface area contributed by atoms with E-state index < -0.39 is 102 Å². The van der Waals surface area contributed by atoms with Crippen molar-refractivity contribution in [2.45, 2.75) is 126 Å². The van der Waals surface area contributed by atoms with E-state index in [0.29, 0.717) is 56.3 Å². The maximum Gasteiger partial charge on any atom is 0.245 e. The molecule has 0 aliphatic carbocycles. The Morgan fingerprint density at radius 2 is 1.37 bits per heavy atom.